The number of hydrogen-bond acceptors (Lipinski definition) is 2. The SMILES string of the molecule is C=CCC(CC=CCCCCCC)(C(=O)O)C(=O)O. The molecule has 0 aliphatic rings. The summed E-state index contributed by atoms with van der Waals surface area (Å²) in [5, 5.41) is 18.3. The van der Waals surface area contributed by atoms with E-state index in [1.54, 1.807) is 6.08 Å². The van der Waals surface area contributed by atoms with Gasteiger partial charge in [0.1, 0.15) is 0 Å². The third-order valence-corrected chi connectivity index (χ3v) is 3.17. The summed E-state index contributed by atoms with van der Waals surface area (Å²) in [5.74, 6) is -2.62. The molecule has 0 aliphatic heterocycles. The Labute approximate surface area is 114 Å². The fourth-order valence-corrected chi connectivity index (χ4v) is 1.86. The zero-order chi connectivity index (χ0) is 14.7. The van der Waals surface area contributed by atoms with Gasteiger partial charge < -0.3 is 10.2 Å². The molecule has 0 aromatic rings. The van der Waals surface area contributed by atoms with Crippen molar-refractivity contribution in [1.82, 2.24) is 0 Å². The summed E-state index contributed by atoms with van der Waals surface area (Å²) in [5.41, 5.74) is -1.78. The van der Waals surface area contributed by atoms with E-state index in [-0.39, 0.29) is 12.8 Å². The van der Waals surface area contributed by atoms with Crippen molar-refractivity contribution in [2.45, 2.75) is 51.9 Å². The Bertz CT molecular complexity index is 317. The molecule has 2 N–H and O–H groups in total. The van der Waals surface area contributed by atoms with Crippen LogP contribution in [-0.2, 0) is 9.59 Å². The molecule has 0 atom stereocenters. The second-order valence-electron chi connectivity index (χ2n) is 4.71. The first kappa shape index (κ1) is 17.4. The van der Waals surface area contributed by atoms with Crippen molar-refractivity contribution in [1.29, 1.82) is 0 Å². The van der Waals surface area contributed by atoms with E-state index in [1.807, 2.05) is 6.08 Å². The van der Waals surface area contributed by atoms with Gasteiger partial charge in [0.15, 0.2) is 5.41 Å². The second kappa shape index (κ2) is 9.36. The molecule has 0 fully saturated rings. The zero-order valence-electron chi connectivity index (χ0n) is 11.6. The molecule has 0 aromatic heterocycles. The van der Waals surface area contributed by atoms with Crippen molar-refractivity contribution < 1.29 is 19.8 Å². The van der Waals surface area contributed by atoms with Crippen LogP contribution in [0.3, 0.4) is 0 Å². The van der Waals surface area contributed by atoms with Crippen LogP contribution in [0.2, 0.25) is 0 Å². The summed E-state index contributed by atoms with van der Waals surface area (Å²) in [6.07, 6.45) is 10.2. The van der Waals surface area contributed by atoms with E-state index in [4.69, 9.17) is 10.2 Å². The molecule has 108 valence electrons. The number of unbranched alkanes of at least 4 members (excludes halogenated alkanes) is 4. The lowest BCUT2D eigenvalue weighted by Gasteiger charge is -2.21. The van der Waals surface area contributed by atoms with E-state index in [1.165, 1.54) is 18.9 Å². The number of rotatable bonds is 11. The lowest BCUT2D eigenvalue weighted by atomic mass is 9.81. The molecule has 4 nitrogen and oxygen atoms in total. The van der Waals surface area contributed by atoms with E-state index in [9.17, 15) is 9.59 Å². The Balaban J connectivity index is 4.42. The van der Waals surface area contributed by atoms with E-state index < -0.39 is 17.4 Å². The highest BCUT2D eigenvalue weighted by molar-refractivity contribution is 5.98. The first-order valence-corrected chi connectivity index (χ1v) is 6.74. The highest BCUT2D eigenvalue weighted by Crippen LogP contribution is 2.29. The van der Waals surface area contributed by atoms with Crippen LogP contribution in [0.25, 0.3) is 0 Å². The fraction of sp³-hybridized carbons (Fsp3) is 0.600. The van der Waals surface area contributed by atoms with Gasteiger partial charge in [-0.1, -0.05) is 44.4 Å². The minimum atomic E-state index is -1.78. The number of hydrogen-bond donors (Lipinski definition) is 2. The van der Waals surface area contributed by atoms with Gasteiger partial charge in [-0.2, -0.15) is 0 Å². The topological polar surface area (TPSA) is 74.6 Å². The van der Waals surface area contributed by atoms with Gasteiger partial charge in [0.05, 0.1) is 0 Å². The molecule has 0 aromatic carbocycles. The van der Waals surface area contributed by atoms with Gasteiger partial charge in [0, 0.05) is 0 Å². The first-order valence-electron chi connectivity index (χ1n) is 6.74. The Morgan fingerprint density at radius 1 is 1.05 bits per heavy atom. The van der Waals surface area contributed by atoms with E-state index >= 15 is 0 Å². The Hall–Kier alpha value is -1.58. The molecular weight excluding hydrogens is 244 g/mol. The van der Waals surface area contributed by atoms with Crippen LogP contribution in [0.5, 0.6) is 0 Å². The number of carboxylic acids is 2. The molecule has 0 unspecified atom stereocenters. The Kier molecular flexibility index (Phi) is 8.58. The number of allylic oxidation sites excluding steroid dienone is 3. The minimum Gasteiger partial charge on any atom is -0.480 e. The van der Waals surface area contributed by atoms with Gasteiger partial charge in [-0.05, 0) is 25.7 Å². The average Bonchev–Trinajstić information content (AvgIpc) is 2.35. The van der Waals surface area contributed by atoms with Crippen LogP contribution < -0.4 is 0 Å². The molecule has 0 radical (unpaired) electrons. The van der Waals surface area contributed by atoms with Crippen molar-refractivity contribution in [2.24, 2.45) is 5.41 Å². The Morgan fingerprint density at radius 3 is 2.16 bits per heavy atom. The molecular formula is C15H24O4. The van der Waals surface area contributed by atoms with Crippen LogP contribution in [0.1, 0.15) is 51.9 Å². The molecule has 19 heavy (non-hydrogen) atoms. The smallest absolute Gasteiger partial charge is 0.321 e. The maximum absolute atomic E-state index is 11.2. The van der Waals surface area contributed by atoms with Crippen molar-refractivity contribution in [3.8, 4) is 0 Å². The predicted molar refractivity (Wildman–Crippen MR) is 75.0 cm³/mol. The van der Waals surface area contributed by atoms with E-state index in [2.05, 4.69) is 13.5 Å². The number of aliphatic carboxylic acids is 2. The largest absolute Gasteiger partial charge is 0.480 e. The summed E-state index contributed by atoms with van der Waals surface area (Å²) >= 11 is 0. The van der Waals surface area contributed by atoms with Crippen molar-refractivity contribution in [2.75, 3.05) is 0 Å². The van der Waals surface area contributed by atoms with Crippen molar-refractivity contribution in [3.63, 3.8) is 0 Å². The highest BCUT2D eigenvalue weighted by Gasteiger charge is 2.44. The molecule has 0 bridgehead atoms. The zero-order valence-corrected chi connectivity index (χ0v) is 11.6. The summed E-state index contributed by atoms with van der Waals surface area (Å²) in [7, 11) is 0. The lowest BCUT2D eigenvalue weighted by molar-refractivity contribution is -0.164. The molecule has 0 rings (SSSR count). The number of carboxylic acid groups (broad SMARTS) is 2. The van der Waals surface area contributed by atoms with Crippen molar-refractivity contribution in [3.05, 3.63) is 24.8 Å². The number of carbonyl (C=O) groups is 2. The van der Waals surface area contributed by atoms with Gasteiger partial charge in [0.25, 0.3) is 0 Å². The second-order valence-corrected chi connectivity index (χ2v) is 4.71. The lowest BCUT2D eigenvalue weighted by Crippen LogP contribution is -2.38. The maximum atomic E-state index is 11.2. The molecule has 0 saturated heterocycles. The van der Waals surface area contributed by atoms with E-state index in [0.29, 0.717) is 0 Å². The summed E-state index contributed by atoms with van der Waals surface area (Å²) in [6, 6.07) is 0. The van der Waals surface area contributed by atoms with Crippen LogP contribution >= 0.6 is 0 Å². The van der Waals surface area contributed by atoms with E-state index in [0.717, 1.165) is 19.3 Å². The quantitative estimate of drug-likeness (QED) is 0.341. The van der Waals surface area contributed by atoms with Crippen molar-refractivity contribution >= 4 is 11.9 Å². The third kappa shape index (κ3) is 5.73. The maximum Gasteiger partial charge on any atom is 0.321 e. The first-order chi connectivity index (χ1) is 9.01. The summed E-state index contributed by atoms with van der Waals surface area (Å²) < 4.78 is 0. The molecule has 0 aliphatic carbocycles. The average molecular weight is 268 g/mol. The van der Waals surface area contributed by atoms with Crippen LogP contribution in [0.4, 0.5) is 0 Å². The van der Waals surface area contributed by atoms with Gasteiger partial charge >= 0.3 is 11.9 Å². The molecule has 0 saturated carbocycles. The normalized spacial score (nSPS) is 11.6. The molecule has 0 spiro atoms. The van der Waals surface area contributed by atoms with Crippen LogP contribution in [0.15, 0.2) is 24.8 Å². The molecule has 0 heterocycles. The van der Waals surface area contributed by atoms with Gasteiger partial charge in [-0.25, -0.2) is 0 Å². The standard InChI is InChI=1S/C15H24O4/c1-3-5-6-7-8-9-10-12-15(11-4-2,13(16)17)14(18)19/h4,9-10H,2-3,5-8,11-12H2,1H3,(H,16,17)(H,18,19). The molecule has 4 heteroatoms. The summed E-state index contributed by atoms with van der Waals surface area (Å²) in [6.45, 7) is 5.58. The van der Waals surface area contributed by atoms with Crippen LogP contribution in [0, 0.1) is 5.41 Å². The third-order valence-electron chi connectivity index (χ3n) is 3.17. The van der Waals surface area contributed by atoms with Gasteiger partial charge in [0.2, 0.25) is 0 Å². The monoisotopic (exact) mass is 268 g/mol. The highest BCUT2D eigenvalue weighted by atomic mass is 16.4. The fourth-order valence-electron chi connectivity index (χ4n) is 1.86. The van der Waals surface area contributed by atoms with Crippen LogP contribution in [-0.4, -0.2) is 22.2 Å². The van der Waals surface area contributed by atoms with Gasteiger partial charge in [-0.15, -0.1) is 6.58 Å². The Morgan fingerprint density at radius 2 is 1.68 bits per heavy atom. The minimum absolute atomic E-state index is 0.00252. The predicted octanol–water partition coefficient (Wildman–Crippen LogP) is 3.63. The molecule has 0 amide bonds. The van der Waals surface area contributed by atoms with Gasteiger partial charge in [-0.3, -0.25) is 9.59 Å². The summed E-state index contributed by atoms with van der Waals surface area (Å²) in [4.78, 5) is 22.4.